The van der Waals surface area contributed by atoms with Gasteiger partial charge in [0.05, 0.1) is 16.6 Å². The van der Waals surface area contributed by atoms with Gasteiger partial charge in [-0.25, -0.2) is 13.1 Å². The van der Waals surface area contributed by atoms with Gasteiger partial charge in [0.15, 0.2) is 0 Å². The number of alkyl halides is 3. The second kappa shape index (κ2) is 6.55. The SMILES string of the molecule is C[C@H](NS(=O)(=O)c1cccc(OC(F)(F)F)c1)c1ccccn1. The number of ether oxygens (including phenoxy) is 1. The number of nitrogens with one attached hydrogen (secondary N) is 1. The second-order valence-electron chi connectivity index (χ2n) is 4.62. The van der Waals surface area contributed by atoms with Gasteiger partial charge in [0.1, 0.15) is 5.75 Å². The van der Waals surface area contributed by atoms with Crippen LogP contribution < -0.4 is 9.46 Å². The number of halogens is 3. The van der Waals surface area contributed by atoms with E-state index >= 15 is 0 Å². The second-order valence-corrected chi connectivity index (χ2v) is 6.33. The molecule has 0 amide bonds. The van der Waals surface area contributed by atoms with Gasteiger partial charge < -0.3 is 4.74 Å². The maximum absolute atomic E-state index is 12.3. The molecular weight excluding hydrogens is 333 g/mol. The van der Waals surface area contributed by atoms with Crippen molar-refractivity contribution in [2.45, 2.75) is 24.2 Å². The summed E-state index contributed by atoms with van der Waals surface area (Å²) in [6.45, 7) is 1.58. The van der Waals surface area contributed by atoms with Crippen LogP contribution in [0.5, 0.6) is 5.75 Å². The molecule has 0 spiro atoms. The van der Waals surface area contributed by atoms with Crippen LogP contribution in [0.25, 0.3) is 0 Å². The molecule has 5 nitrogen and oxygen atoms in total. The van der Waals surface area contributed by atoms with Gasteiger partial charge in [0.25, 0.3) is 0 Å². The first-order chi connectivity index (χ1) is 10.7. The van der Waals surface area contributed by atoms with Gasteiger partial charge in [-0.1, -0.05) is 12.1 Å². The van der Waals surface area contributed by atoms with Gasteiger partial charge in [-0.05, 0) is 31.2 Å². The molecule has 124 valence electrons. The average Bonchev–Trinajstić information content (AvgIpc) is 2.46. The standard InChI is InChI=1S/C14H13F3N2O3S/c1-10(13-7-2-3-8-18-13)19-23(20,21)12-6-4-5-11(9-12)22-14(15,16)17/h2-10,19H,1H3/t10-/m0/s1. The zero-order valence-corrected chi connectivity index (χ0v) is 12.7. The van der Waals surface area contributed by atoms with Crippen molar-refractivity contribution in [1.29, 1.82) is 0 Å². The number of benzene rings is 1. The van der Waals surface area contributed by atoms with E-state index in [1.807, 2.05) is 0 Å². The minimum absolute atomic E-state index is 0.331. The van der Waals surface area contributed by atoms with Gasteiger partial charge in [0, 0.05) is 12.3 Å². The highest BCUT2D eigenvalue weighted by Crippen LogP contribution is 2.25. The molecule has 23 heavy (non-hydrogen) atoms. The molecule has 0 saturated heterocycles. The van der Waals surface area contributed by atoms with Gasteiger partial charge in [-0.2, -0.15) is 0 Å². The highest BCUT2D eigenvalue weighted by Gasteiger charge is 2.31. The number of rotatable bonds is 5. The Balaban J connectivity index is 2.21. The van der Waals surface area contributed by atoms with Gasteiger partial charge in [0.2, 0.25) is 10.0 Å². The summed E-state index contributed by atoms with van der Waals surface area (Å²) in [6, 6.07) is 8.55. The van der Waals surface area contributed by atoms with E-state index in [9.17, 15) is 21.6 Å². The van der Waals surface area contributed by atoms with Gasteiger partial charge in [-0.15, -0.1) is 13.2 Å². The summed E-state index contributed by atoms with van der Waals surface area (Å²) in [4.78, 5) is 3.69. The van der Waals surface area contributed by atoms with E-state index in [0.29, 0.717) is 5.69 Å². The minimum Gasteiger partial charge on any atom is -0.406 e. The van der Waals surface area contributed by atoms with Crippen molar-refractivity contribution < 1.29 is 26.3 Å². The van der Waals surface area contributed by atoms with Crippen LogP contribution in [-0.4, -0.2) is 19.8 Å². The Labute approximate surface area is 131 Å². The summed E-state index contributed by atoms with van der Waals surface area (Å²) in [5.74, 6) is -0.606. The van der Waals surface area contributed by atoms with Crippen molar-refractivity contribution in [2.75, 3.05) is 0 Å². The van der Waals surface area contributed by atoms with E-state index in [1.165, 1.54) is 18.3 Å². The molecule has 0 fully saturated rings. The summed E-state index contributed by atoms with van der Waals surface area (Å²) >= 11 is 0. The van der Waals surface area contributed by atoms with Crippen LogP contribution in [0.4, 0.5) is 13.2 Å². The van der Waals surface area contributed by atoms with Crippen LogP contribution in [0, 0.1) is 0 Å². The van der Waals surface area contributed by atoms with E-state index in [4.69, 9.17) is 0 Å². The van der Waals surface area contributed by atoms with Crippen molar-refractivity contribution in [2.24, 2.45) is 0 Å². The maximum Gasteiger partial charge on any atom is 0.573 e. The summed E-state index contributed by atoms with van der Waals surface area (Å²) in [6.07, 6.45) is -3.38. The topological polar surface area (TPSA) is 68.3 Å². The van der Waals surface area contributed by atoms with Crippen molar-refractivity contribution in [3.05, 3.63) is 54.4 Å². The summed E-state index contributed by atoms with van der Waals surface area (Å²) in [7, 11) is -4.02. The lowest BCUT2D eigenvalue weighted by Crippen LogP contribution is -2.27. The predicted molar refractivity (Wildman–Crippen MR) is 76.1 cm³/mol. The van der Waals surface area contributed by atoms with E-state index in [0.717, 1.165) is 12.1 Å². The van der Waals surface area contributed by atoms with Crippen LogP contribution >= 0.6 is 0 Å². The summed E-state index contributed by atoms with van der Waals surface area (Å²) in [5.41, 5.74) is 0.485. The van der Waals surface area contributed by atoms with Crippen LogP contribution in [0.15, 0.2) is 53.6 Å². The minimum atomic E-state index is -4.89. The molecule has 1 heterocycles. The molecule has 0 saturated carbocycles. The number of pyridine rings is 1. The monoisotopic (exact) mass is 346 g/mol. The molecule has 0 aliphatic rings. The Hall–Kier alpha value is -2.13. The highest BCUT2D eigenvalue weighted by atomic mass is 32.2. The van der Waals surface area contributed by atoms with Crippen molar-refractivity contribution in [3.63, 3.8) is 0 Å². The molecular formula is C14H13F3N2O3S. The third-order valence-corrected chi connectivity index (χ3v) is 4.35. The molecule has 0 bridgehead atoms. The third-order valence-electron chi connectivity index (χ3n) is 2.81. The lowest BCUT2D eigenvalue weighted by molar-refractivity contribution is -0.274. The lowest BCUT2D eigenvalue weighted by atomic mass is 10.2. The Morgan fingerprint density at radius 3 is 2.52 bits per heavy atom. The molecule has 0 unspecified atom stereocenters. The number of nitrogens with zero attached hydrogens (tertiary/aromatic N) is 1. The number of hydrogen-bond acceptors (Lipinski definition) is 4. The van der Waals surface area contributed by atoms with Crippen LogP contribution in [-0.2, 0) is 10.0 Å². The molecule has 1 aromatic carbocycles. The largest absolute Gasteiger partial charge is 0.573 e. The molecule has 0 radical (unpaired) electrons. The molecule has 0 aliphatic carbocycles. The number of hydrogen-bond donors (Lipinski definition) is 1. The fraction of sp³-hybridized carbons (Fsp3) is 0.214. The molecule has 9 heteroatoms. The summed E-state index contributed by atoms with van der Waals surface area (Å²) in [5, 5.41) is 0. The lowest BCUT2D eigenvalue weighted by Gasteiger charge is -2.15. The van der Waals surface area contributed by atoms with E-state index < -0.39 is 28.2 Å². The molecule has 2 rings (SSSR count). The first kappa shape index (κ1) is 17.2. The fourth-order valence-corrected chi connectivity index (χ4v) is 3.08. The molecule has 0 aliphatic heterocycles. The van der Waals surface area contributed by atoms with Crippen molar-refractivity contribution >= 4 is 10.0 Å². The van der Waals surface area contributed by atoms with Crippen molar-refractivity contribution in [1.82, 2.24) is 9.71 Å². The van der Waals surface area contributed by atoms with Gasteiger partial charge in [-0.3, -0.25) is 4.98 Å². The molecule has 1 atom stereocenters. The Morgan fingerprint density at radius 2 is 1.91 bits per heavy atom. The normalized spacial score (nSPS) is 13.6. The Morgan fingerprint density at radius 1 is 1.17 bits per heavy atom. The van der Waals surface area contributed by atoms with Crippen LogP contribution in [0.2, 0.25) is 0 Å². The smallest absolute Gasteiger partial charge is 0.406 e. The number of sulfonamides is 1. The third kappa shape index (κ3) is 4.93. The zero-order valence-electron chi connectivity index (χ0n) is 11.9. The maximum atomic E-state index is 12.3. The average molecular weight is 346 g/mol. The number of aromatic nitrogens is 1. The van der Waals surface area contributed by atoms with Crippen LogP contribution in [0.3, 0.4) is 0 Å². The first-order valence-corrected chi connectivity index (χ1v) is 7.95. The van der Waals surface area contributed by atoms with Crippen molar-refractivity contribution in [3.8, 4) is 5.75 Å². The summed E-state index contributed by atoms with van der Waals surface area (Å²) < 4.78 is 67.2. The van der Waals surface area contributed by atoms with E-state index in [2.05, 4.69) is 14.4 Å². The Kier molecular flexibility index (Phi) is 4.90. The predicted octanol–water partition coefficient (Wildman–Crippen LogP) is 3.02. The zero-order chi connectivity index (χ0) is 17.1. The van der Waals surface area contributed by atoms with Gasteiger partial charge >= 0.3 is 6.36 Å². The van der Waals surface area contributed by atoms with Crippen LogP contribution in [0.1, 0.15) is 18.7 Å². The van der Waals surface area contributed by atoms with E-state index in [1.54, 1.807) is 25.1 Å². The molecule has 2 aromatic rings. The fourth-order valence-electron chi connectivity index (χ4n) is 1.83. The highest BCUT2D eigenvalue weighted by molar-refractivity contribution is 7.89. The first-order valence-electron chi connectivity index (χ1n) is 6.46. The van der Waals surface area contributed by atoms with E-state index in [-0.39, 0.29) is 4.90 Å². The quantitative estimate of drug-likeness (QED) is 0.904. The molecule has 1 N–H and O–H groups in total. The Bertz CT molecular complexity index is 764. The molecule has 1 aromatic heterocycles.